The first-order chi connectivity index (χ1) is 24.9. The molecule has 0 radical (unpaired) electrons. The maximum Gasteiger partial charge on any atom is 0.261 e. The largest absolute Gasteiger partial charge is 0.363 e. The molecule has 9 nitrogen and oxygen atoms in total. The van der Waals surface area contributed by atoms with Crippen molar-refractivity contribution in [2.45, 2.75) is 13.1 Å². The minimum absolute atomic E-state index is 0.0209. The Balaban J connectivity index is 0.000000160. The Kier molecular flexibility index (Phi) is 9.51. The highest BCUT2D eigenvalue weighted by Gasteiger charge is 2.08. The van der Waals surface area contributed by atoms with E-state index in [0.717, 1.165) is 50.2 Å². The van der Waals surface area contributed by atoms with Gasteiger partial charge in [0, 0.05) is 38.2 Å². The van der Waals surface area contributed by atoms with E-state index < -0.39 is 0 Å². The van der Waals surface area contributed by atoms with Crippen LogP contribution in [0, 0.1) is 0 Å². The van der Waals surface area contributed by atoms with E-state index >= 15 is 0 Å². The van der Waals surface area contributed by atoms with E-state index in [4.69, 9.17) is 0 Å². The molecule has 0 amide bonds. The minimum Gasteiger partial charge on any atom is -0.363 e. The molecule has 9 heteroatoms. The lowest BCUT2D eigenvalue weighted by molar-refractivity contribution is 0.748. The molecule has 0 bridgehead atoms. The van der Waals surface area contributed by atoms with Gasteiger partial charge < -0.3 is 4.90 Å². The van der Waals surface area contributed by atoms with E-state index in [1.54, 1.807) is 28.0 Å². The first-order valence-corrected chi connectivity index (χ1v) is 16.5. The van der Waals surface area contributed by atoms with Crippen LogP contribution in [0.3, 0.4) is 0 Å². The second-order valence-electron chi connectivity index (χ2n) is 12.3. The zero-order valence-corrected chi connectivity index (χ0v) is 28.3. The number of hydrogen-bond acceptors (Lipinski definition) is 7. The molecule has 8 rings (SSSR count). The van der Waals surface area contributed by atoms with Crippen LogP contribution in [-0.4, -0.2) is 43.2 Å². The Morgan fingerprint density at radius 2 is 1.06 bits per heavy atom. The molecular formula is C42H35N7O2. The number of pyridine rings is 2. The van der Waals surface area contributed by atoms with E-state index in [1.165, 1.54) is 0 Å². The molecule has 4 aromatic heterocycles. The molecule has 0 atom stereocenters. The molecule has 0 saturated heterocycles. The van der Waals surface area contributed by atoms with E-state index in [0.29, 0.717) is 23.9 Å². The van der Waals surface area contributed by atoms with Crippen molar-refractivity contribution < 1.29 is 0 Å². The van der Waals surface area contributed by atoms with E-state index in [9.17, 15) is 9.59 Å². The van der Waals surface area contributed by atoms with Crippen molar-refractivity contribution in [2.75, 3.05) is 19.0 Å². The number of benzene rings is 4. The first-order valence-electron chi connectivity index (χ1n) is 16.5. The van der Waals surface area contributed by atoms with Gasteiger partial charge in [0.25, 0.3) is 11.1 Å². The topological polar surface area (TPSA) is 98.8 Å². The summed E-state index contributed by atoms with van der Waals surface area (Å²) in [6.45, 7) is 0.971. The number of fused-ring (bicyclic) bond motifs is 2. The van der Waals surface area contributed by atoms with Crippen LogP contribution >= 0.6 is 0 Å². The third-order valence-corrected chi connectivity index (χ3v) is 8.56. The van der Waals surface area contributed by atoms with Crippen molar-refractivity contribution in [1.82, 2.24) is 29.1 Å². The molecule has 0 fully saturated rings. The summed E-state index contributed by atoms with van der Waals surface area (Å²) < 4.78 is 3.29. The standard InChI is InChI=1S/C22H20N4O.C20H15N3O/c1-25(2)21-11-10-18(13-23-21)17-7-5-6-16(12-17)14-26-15-24-20-9-4-3-8-19(20)22(26)27;24-20-18-8-1-2-9-19(18)22-14-23(20)13-15-5-3-6-16(11-15)17-7-4-10-21-12-17/h3-13,15H,14H2,1-2H3;1-12,14H,13H2. The first kappa shape index (κ1) is 32.8. The Morgan fingerprint density at radius 1 is 0.529 bits per heavy atom. The summed E-state index contributed by atoms with van der Waals surface area (Å²) >= 11 is 0. The van der Waals surface area contributed by atoms with Crippen LogP contribution in [0.15, 0.2) is 162 Å². The van der Waals surface area contributed by atoms with Crippen LogP contribution in [0.1, 0.15) is 11.1 Å². The summed E-state index contributed by atoms with van der Waals surface area (Å²) in [7, 11) is 3.94. The Morgan fingerprint density at radius 3 is 1.55 bits per heavy atom. The van der Waals surface area contributed by atoms with Gasteiger partial charge >= 0.3 is 0 Å². The highest BCUT2D eigenvalue weighted by molar-refractivity contribution is 5.77. The van der Waals surface area contributed by atoms with E-state index in [1.807, 2.05) is 128 Å². The molecular weight excluding hydrogens is 635 g/mol. The number of anilines is 1. The maximum absolute atomic E-state index is 12.7. The SMILES string of the molecule is CN(C)c1ccc(-c2cccc(Cn3cnc4ccccc4c3=O)c2)cn1.O=c1c2ccccc2ncn1Cc1cccc(-c2cccnc2)c1. The Bertz CT molecular complexity index is 2560. The van der Waals surface area contributed by atoms with Crippen LogP contribution in [0.25, 0.3) is 44.1 Å². The molecule has 0 spiro atoms. The number of aromatic nitrogens is 6. The number of hydrogen-bond donors (Lipinski definition) is 0. The van der Waals surface area contributed by atoms with Crippen LogP contribution in [0.4, 0.5) is 5.82 Å². The molecule has 4 heterocycles. The third kappa shape index (κ3) is 7.47. The van der Waals surface area contributed by atoms with Gasteiger partial charge in [-0.15, -0.1) is 0 Å². The molecule has 0 aliphatic rings. The fourth-order valence-electron chi connectivity index (χ4n) is 5.88. The summed E-state index contributed by atoms with van der Waals surface area (Å²) in [5, 5.41) is 1.28. The summed E-state index contributed by atoms with van der Waals surface area (Å²) in [5.74, 6) is 0.920. The van der Waals surface area contributed by atoms with Crippen LogP contribution in [0.5, 0.6) is 0 Å². The van der Waals surface area contributed by atoms with Gasteiger partial charge in [-0.2, -0.15) is 0 Å². The van der Waals surface area contributed by atoms with Crippen LogP contribution in [-0.2, 0) is 13.1 Å². The maximum atomic E-state index is 12.7. The second kappa shape index (κ2) is 14.8. The van der Waals surface area contributed by atoms with Gasteiger partial charge in [0.2, 0.25) is 0 Å². The quantitative estimate of drug-likeness (QED) is 0.179. The number of para-hydroxylation sites is 2. The monoisotopic (exact) mass is 669 g/mol. The van der Waals surface area contributed by atoms with Gasteiger partial charge in [-0.1, -0.05) is 66.7 Å². The molecule has 4 aromatic carbocycles. The van der Waals surface area contributed by atoms with Gasteiger partial charge in [-0.25, -0.2) is 15.0 Å². The van der Waals surface area contributed by atoms with Gasteiger partial charge in [0.1, 0.15) is 5.82 Å². The lowest BCUT2D eigenvalue weighted by atomic mass is 10.0. The average molecular weight is 670 g/mol. The van der Waals surface area contributed by atoms with Crippen molar-refractivity contribution in [1.29, 1.82) is 0 Å². The molecule has 0 saturated carbocycles. The molecule has 250 valence electrons. The Hall–Kier alpha value is -6.74. The fourth-order valence-corrected chi connectivity index (χ4v) is 5.88. The highest BCUT2D eigenvalue weighted by Crippen LogP contribution is 2.22. The lowest BCUT2D eigenvalue weighted by Crippen LogP contribution is -2.21. The van der Waals surface area contributed by atoms with Crippen molar-refractivity contribution in [3.05, 3.63) is 184 Å². The minimum atomic E-state index is -0.0250. The van der Waals surface area contributed by atoms with Crippen molar-refractivity contribution in [3.8, 4) is 22.3 Å². The normalized spacial score (nSPS) is 10.9. The predicted molar refractivity (Wildman–Crippen MR) is 204 cm³/mol. The molecule has 51 heavy (non-hydrogen) atoms. The zero-order valence-electron chi connectivity index (χ0n) is 28.3. The van der Waals surface area contributed by atoms with Gasteiger partial charge in [0.15, 0.2) is 0 Å². The van der Waals surface area contributed by atoms with Gasteiger partial charge in [-0.3, -0.25) is 23.7 Å². The summed E-state index contributed by atoms with van der Waals surface area (Å²) in [6, 6.07) is 39.1. The molecule has 0 N–H and O–H groups in total. The molecule has 8 aromatic rings. The third-order valence-electron chi connectivity index (χ3n) is 8.56. The van der Waals surface area contributed by atoms with Crippen LogP contribution < -0.4 is 16.0 Å². The number of rotatable bonds is 7. The van der Waals surface area contributed by atoms with Crippen molar-refractivity contribution in [2.24, 2.45) is 0 Å². The molecule has 0 aliphatic heterocycles. The van der Waals surface area contributed by atoms with Gasteiger partial charge in [-0.05, 0) is 82.4 Å². The van der Waals surface area contributed by atoms with Gasteiger partial charge in [0.05, 0.1) is 47.6 Å². The second-order valence-corrected chi connectivity index (χ2v) is 12.3. The van der Waals surface area contributed by atoms with E-state index in [-0.39, 0.29) is 11.1 Å². The summed E-state index contributed by atoms with van der Waals surface area (Å²) in [5.41, 5.74) is 7.76. The van der Waals surface area contributed by atoms with Crippen LogP contribution in [0.2, 0.25) is 0 Å². The zero-order chi connectivity index (χ0) is 35.2. The summed E-state index contributed by atoms with van der Waals surface area (Å²) in [6.07, 6.45) is 8.70. The summed E-state index contributed by atoms with van der Waals surface area (Å²) in [4.78, 5) is 44.7. The highest BCUT2D eigenvalue weighted by atomic mass is 16.1. The lowest BCUT2D eigenvalue weighted by Gasteiger charge is -2.12. The smallest absolute Gasteiger partial charge is 0.261 e. The van der Waals surface area contributed by atoms with E-state index in [2.05, 4.69) is 44.2 Å². The number of nitrogens with zero attached hydrogens (tertiary/aromatic N) is 7. The molecule has 0 unspecified atom stereocenters. The molecule has 0 aliphatic carbocycles. The Labute approximate surface area is 294 Å². The fraction of sp³-hybridized carbons (Fsp3) is 0.0952. The van der Waals surface area contributed by atoms with Crippen molar-refractivity contribution >= 4 is 27.6 Å². The predicted octanol–water partition coefficient (Wildman–Crippen LogP) is 7.08. The van der Waals surface area contributed by atoms with Crippen molar-refractivity contribution in [3.63, 3.8) is 0 Å². The average Bonchev–Trinajstić information content (AvgIpc) is 3.18.